The van der Waals surface area contributed by atoms with Crippen molar-refractivity contribution in [1.29, 1.82) is 0 Å². The zero-order chi connectivity index (χ0) is 23.2. The highest BCUT2D eigenvalue weighted by molar-refractivity contribution is 6.10. The topological polar surface area (TPSA) is 79.9 Å². The number of rotatable bonds is 7. The second-order valence-electron chi connectivity index (χ2n) is 8.07. The van der Waals surface area contributed by atoms with Crippen molar-refractivity contribution in [3.63, 3.8) is 0 Å². The Morgan fingerprint density at radius 1 is 0.909 bits per heavy atom. The summed E-state index contributed by atoms with van der Waals surface area (Å²) in [6.45, 7) is 3.79. The number of aryl methyl sites for hydroxylation is 1. The van der Waals surface area contributed by atoms with Gasteiger partial charge in [-0.05, 0) is 61.5 Å². The summed E-state index contributed by atoms with van der Waals surface area (Å²) >= 11 is 0. The monoisotopic (exact) mass is 445 g/mol. The quantitative estimate of drug-likeness (QED) is 0.573. The predicted octanol–water partition coefficient (Wildman–Crippen LogP) is 4.09. The number of ether oxygens (including phenoxy) is 2. The molecule has 0 spiro atoms. The summed E-state index contributed by atoms with van der Waals surface area (Å²) in [5, 5.41) is 5.76. The van der Waals surface area contributed by atoms with E-state index in [0.717, 1.165) is 22.6 Å². The second kappa shape index (κ2) is 10.2. The van der Waals surface area contributed by atoms with Gasteiger partial charge in [0.25, 0.3) is 5.91 Å². The first-order valence-electron chi connectivity index (χ1n) is 10.8. The molecule has 4 rings (SSSR count). The van der Waals surface area contributed by atoms with E-state index in [2.05, 4.69) is 10.6 Å². The van der Waals surface area contributed by atoms with E-state index in [1.54, 1.807) is 24.3 Å². The molecule has 0 unspecified atom stereocenters. The maximum Gasteiger partial charge on any atom is 0.257 e. The van der Waals surface area contributed by atoms with Gasteiger partial charge in [0.05, 0.1) is 17.8 Å². The summed E-state index contributed by atoms with van der Waals surface area (Å²) in [5.41, 5.74) is 3.66. The lowest BCUT2D eigenvalue weighted by molar-refractivity contribution is -0.117. The predicted molar refractivity (Wildman–Crippen MR) is 128 cm³/mol. The molecule has 3 aromatic rings. The number of nitrogens with one attached hydrogen (secondary N) is 2. The van der Waals surface area contributed by atoms with Crippen molar-refractivity contribution in [2.45, 2.75) is 13.5 Å². The van der Waals surface area contributed by atoms with Crippen LogP contribution in [0, 0.1) is 6.92 Å². The van der Waals surface area contributed by atoms with Crippen LogP contribution in [0.5, 0.6) is 11.5 Å². The Morgan fingerprint density at radius 3 is 2.52 bits per heavy atom. The van der Waals surface area contributed by atoms with Crippen molar-refractivity contribution in [3.05, 3.63) is 83.4 Å². The molecule has 33 heavy (non-hydrogen) atoms. The minimum Gasteiger partial charge on any atom is -0.486 e. The van der Waals surface area contributed by atoms with Gasteiger partial charge in [0.1, 0.15) is 13.2 Å². The zero-order valence-corrected chi connectivity index (χ0v) is 18.8. The van der Waals surface area contributed by atoms with Crippen molar-refractivity contribution < 1.29 is 19.1 Å². The third-order valence-electron chi connectivity index (χ3n) is 5.19. The Hall–Kier alpha value is -3.84. The summed E-state index contributed by atoms with van der Waals surface area (Å²) in [7, 11) is 1.87. The van der Waals surface area contributed by atoms with E-state index < -0.39 is 0 Å². The van der Waals surface area contributed by atoms with Gasteiger partial charge in [-0.1, -0.05) is 30.3 Å². The van der Waals surface area contributed by atoms with Gasteiger partial charge in [0, 0.05) is 12.2 Å². The van der Waals surface area contributed by atoms with Crippen LogP contribution in [0.1, 0.15) is 21.5 Å². The number of carbonyl (C=O) groups excluding carboxylic acids is 2. The Balaban J connectivity index is 1.37. The molecule has 170 valence electrons. The first-order valence-corrected chi connectivity index (χ1v) is 10.8. The molecule has 0 saturated heterocycles. The fraction of sp³-hybridized carbons (Fsp3) is 0.231. The highest BCUT2D eigenvalue weighted by Gasteiger charge is 2.16. The van der Waals surface area contributed by atoms with Crippen molar-refractivity contribution in [1.82, 2.24) is 4.90 Å². The molecule has 1 aliphatic rings. The van der Waals surface area contributed by atoms with Crippen molar-refractivity contribution >= 4 is 23.2 Å². The van der Waals surface area contributed by atoms with Crippen LogP contribution in [0.15, 0.2) is 66.7 Å². The fourth-order valence-corrected chi connectivity index (χ4v) is 3.70. The van der Waals surface area contributed by atoms with Gasteiger partial charge in [-0.25, -0.2) is 0 Å². The molecule has 7 nitrogen and oxygen atoms in total. The number of anilines is 2. The number of carbonyl (C=O) groups is 2. The molecule has 0 aliphatic carbocycles. The molecule has 1 aliphatic heterocycles. The molecule has 2 amide bonds. The number of likely N-dealkylation sites (N-methyl/N-ethyl adjacent to an activating group) is 1. The molecule has 0 bridgehead atoms. The Morgan fingerprint density at radius 2 is 1.70 bits per heavy atom. The number of benzene rings is 3. The van der Waals surface area contributed by atoms with Gasteiger partial charge in [0.15, 0.2) is 11.5 Å². The highest BCUT2D eigenvalue weighted by Crippen LogP contribution is 2.31. The maximum atomic E-state index is 12.8. The summed E-state index contributed by atoms with van der Waals surface area (Å²) in [6.07, 6.45) is 0. The van der Waals surface area contributed by atoms with Crippen molar-refractivity contribution in [2.24, 2.45) is 0 Å². The third-order valence-corrected chi connectivity index (χ3v) is 5.19. The van der Waals surface area contributed by atoms with Crippen LogP contribution in [0.25, 0.3) is 0 Å². The third kappa shape index (κ3) is 5.90. The van der Waals surface area contributed by atoms with E-state index in [9.17, 15) is 9.59 Å². The SMILES string of the molecule is Cc1cccc(NC(=O)c2ccccc2NC(=O)CN(C)Cc2ccc3c(c2)OCCO3)c1. The lowest BCUT2D eigenvalue weighted by Crippen LogP contribution is -2.30. The average Bonchev–Trinajstić information content (AvgIpc) is 2.79. The van der Waals surface area contributed by atoms with Crippen LogP contribution in [0.2, 0.25) is 0 Å². The van der Waals surface area contributed by atoms with Gasteiger partial charge in [-0.3, -0.25) is 14.5 Å². The Labute approximate surface area is 193 Å². The Bertz CT molecular complexity index is 1160. The molecular formula is C26H27N3O4. The van der Waals surface area contributed by atoms with Crippen LogP contribution in [0.3, 0.4) is 0 Å². The van der Waals surface area contributed by atoms with E-state index in [4.69, 9.17) is 9.47 Å². The minimum absolute atomic E-state index is 0.169. The van der Waals surface area contributed by atoms with Gasteiger partial charge in [0.2, 0.25) is 5.91 Å². The maximum absolute atomic E-state index is 12.8. The van der Waals surface area contributed by atoms with Crippen LogP contribution >= 0.6 is 0 Å². The number of fused-ring (bicyclic) bond motifs is 1. The van der Waals surface area contributed by atoms with Crippen LogP contribution < -0.4 is 20.1 Å². The van der Waals surface area contributed by atoms with Crippen LogP contribution in [-0.2, 0) is 11.3 Å². The van der Waals surface area contributed by atoms with Gasteiger partial charge < -0.3 is 20.1 Å². The molecule has 0 radical (unpaired) electrons. The molecule has 3 aromatic carbocycles. The van der Waals surface area contributed by atoms with E-state index in [1.165, 1.54) is 0 Å². The average molecular weight is 446 g/mol. The molecule has 2 N–H and O–H groups in total. The van der Waals surface area contributed by atoms with Crippen LogP contribution in [0.4, 0.5) is 11.4 Å². The van der Waals surface area contributed by atoms with E-state index in [-0.39, 0.29) is 18.4 Å². The largest absolute Gasteiger partial charge is 0.486 e. The van der Waals surface area contributed by atoms with Crippen molar-refractivity contribution in [3.8, 4) is 11.5 Å². The molecule has 0 aromatic heterocycles. The standard InChI is InChI=1S/C26H27N3O4/c1-18-6-5-7-20(14-18)27-26(31)21-8-3-4-9-22(21)28-25(30)17-29(2)16-19-10-11-23-24(15-19)33-13-12-32-23/h3-11,14-15H,12-13,16-17H2,1-2H3,(H,27,31)(H,28,30). The van der Waals surface area contributed by atoms with Gasteiger partial charge in [-0.15, -0.1) is 0 Å². The first kappa shape index (κ1) is 22.4. The summed E-state index contributed by atoms with van der Waals surface area (Å²) < 4.78 is 11.2. The summed E-state index contributed by atoms with van der Waals surface area (Å²) in [6, 6.07) is 20.4. The van der Waals surface area contributed by atoms with E-state index in [1.807, 2.05) is 61.3 Å². The number of hydrogen-bond donors (Lipinski definition) is 2. The van der Waals surface area contributed by atoms with Gasteiger partial charge in [-0.2, -0.15) is 0 Å². The molecule has 0 saturated carbocycles. The smallest absolute Gasteiger partial charge is 0.257 e. The fourth-order valence-electron chi connectivity index (χ4n) is 3.70. The number of para-hydroxylation sites is 1. The number of nitrogens with zero attached hydrogens (tertiary/aromatic N) is 1. The first-order chi connectivity index (χ1) is 16.0. The Kier molecular flexibility index (Phi) is 6.90. The molecular weight excluding hydrogens is 418 g/mol. The summed E-state index contributed by atoms with van der Waals surface area (Å²) in [5.74, 6) is 0.989. The second-order valence-corrected chi connectivity index (χ2v) is 8.07. The molecule has 7 heteroatoms. The van der Waals surface area contributed by atoms with Crippen LogP contribution in [-0.4, -0.2) is 43.5 Å². The van der Waals surface area contributed by atoms with E-state index in [0.29, 0.717) is 36.7 Å². The lowest BCUT2D eigenvalue weighted by Gasteiger charge is -2.21. The van der Waals surface area contributed by atoms with E-state index >= 15 is 0 Å². The minimum atomic E-state index is -0.277. The molecule has 0 atom stereocenters. The highest BCUT2D eigenvalue weighted by atomic mass is 16.6. The number of hydrogen-bond acceptors (Lipinski definition) is 5. The van der Waals surface area contributed by atoms with Gasteiger partial charge >= 0.3 is 0 Å². The normalized spacial score (nSPS) is 12.3. The number of amides is 2. The summed E-state index contributed by atoms with van der Waals surface area (Å²) in [4.78, 5) is 27.4. The molecule has 1 heterocycles. The zero-order valence-electron chi connectivity index (χ0n) is 18.8. The van der Waals surface area contributed by atoms with Crippen molar-refractivity contribution in [2.75, 3.05) is 37.4 Å². The molecule has 0 fully saturated rings. The lowest BCUT2D eigenvalue weighted by atomic mass is 10.1.